The Morgan fingerprint density at radius 1 is 0.871 bits per heavy atom. The summed E-state index contributed by atoms with van der Waals surface area (Å²) in [4.78, 5) is 24.6. The summed E-state index contributed by atoms with van der Waals surface area (Å²) in [5, 5.41) is 7.62. The van der Waals surface area contributed by atoms with Gasteiger partial charge in [-0.2, -0.15) is 5.10 Å². The molecule has 0 spiro atoms. The number of benzene rings is 3. The van der Waals surface area contributed by atoms with Crippen LogP contribution in [0.5, 0.6) is 0 Å². The van der Waals surface area contributed by atoms with Crippen LogP contribution in [0.15, 0.2) is 82.8 Å². The van der Waals surface area contributed by atoms with E-state index in [0.717, 1.165) is 26.8 Å². The first-order valence-electron chi connectivity index (χ1n) is 9.60. The van der Waals surface area contributed by atoms with E-state index in [0.29, 0.717) is 17.0 Å². The fourth-order valence-electron chi connectivity index (χ4n) is 2.71. The van der Waals surface area contributed by atoms with Gasteiger partial charge in [-0.15, -0.1) is 11.8 Å². The number of hydrogen-bond acceptors (Lipinski definition) is 4. The highest BCUT2D eigenvalue weighted by Crippen LogP contribution is 2.24. The maximum Gasteiger partial charge on any atom is 0.271 e. The average molecular weight is 452 g/mol. The van der Waals surface area contributed by atoms with Crippen molar-refractivity contribution in [3.05, 3.63) is 94.5 Å². The Balaban J connectivity index is 1.54. The smallest absolute Gasteiger partial charge is 0.271 e. The maximum atomic E-state index is 12.4. The van der Waals surface area contributed by atoms with E-state index in [1.54, 1.807) is 36.0 Å². The number of nitrogens with one attached hydrogen (secondary N) is 2. The molecule has 7 heteroatoms. The SMILES string of the molecule is CC(=O)Nc1ccc(/C(C)=N\NC(=O)c2ccc(CSc3ccc(Cl)cc3)cc2)cc1. The second kappa shape index (κ2) is 10.8. The molecule has 0 aliphatic heterocycles. The van der Waals surface area contributed by atoms with Gasteiger partial charge in [-0.1, -0.05) is 35.9 Å². The molecule has 158 valence electrons. The van der Waals surface area contributed by atoms with Gasteiger partial charge < -0.3 is 5.32 Å². The first kappa shape index (κ1) is 22.6. The van der Waals surface area contributed by atoms with Gasteiger partial charge in [-0.05, 0) is 66.6 Å². The van der Waals surface area contributed by atoms with Crippen LogP contribution in [0.1, 0.15) is 35.3 Å². The number of anilines is 1. The lowest BCUT2D eigenvalue weighted by Crippen LogP contribution is -2.19. The van der Waals surface area contributed by atoms with E-state index < -0.39 is 0 Å². The molecule has 0 unspecified atom stereocenters. The van der Waals surface area contributed by atoms with Crippen LogP contribution in [-0.4, -0.2) is 17.5 Å². The maximum absolute atomic E-state index is 12.4. The molecule has 0 aliphatic carbocycles. The number of rotatable bonds is 7. The fraction of sp³-hybridized carbons (Fsp3) is 0.125. The molecule has 0 atom stereocenters. The van der Waals surface area contributed by atoms with Gasteiger partial charge in [-0.3, -0.25) is 9.59 Å². The zero-order valence-corrected chi connectivity index (χ0v) is 18.8. The predicted molar refractivity (Wildman–Crippen MR) is 128 cm³/mol. The molecule has 2 N–H and O–H groups in total. The van der Waals surface area contributed by atoms with Crippen molar-refractivity contribution in [2.24, 2.45) is 5.10 Å². The zero-order chi connectivity index (χ0) is 22.2. The highest BCUT2D eigenvalue weighted by Gasteiger charge is 2.06. The third kappa shape index (κ3) is 6.98. The van der Waals surface area contributed by atoms with Crippen molar-refractivity contribution in [3.8, 4) is 0 Å². The molecule has 0 saturated heterocycles. The van der Waals surface area contributed by atoms with Crippen LogP contribution >= 0.6 is 23.4 Å². The summed E-state index contributed by atoms with van der Waals surface area (Å²) < 4.78 is 0. The summed E-state index contributed by atoms with van der Waals surface area (Å²) in [5.74, 6) is 0.404. The molecule has 3 rings (SSSR count). The Labute approximate surface area is 190 Å². The second-order valence-corrected chi connectivity index (χ2v) is 8.32. The quantitative estimate of drug-likeness (QED) is 0.273. The molecule has 0 bridgehead atoms. The number of hydrazone groups is 1. The van der Waals surface area contributed by atoms with Crippen molar-refractivity contribution in [2.45, 2.75) is 24.5 Å². The summed E-state index contributed by atoms with van der Waals surface area (Å²) in [7, 11) is 0. The Bertz CT molecular complexity index is 1080. The first-order valence-corrected chi connectivity index (χ1v) is 11.0. The Morgan fingerprint density at radius 3 is 2.10 bits per heavy atom. The summed E-state index contributed by atoms with van der Waals surface area (Å²) >= 11 is 7.62. The van der Waals surface area contributed by atoms with Crippen LogP contribution in [0.4, 0.5) is 5.69 Å². The van der Waals surface area contributed by atoms with Crippen molar-refractivity contribution >= 4 is 46.6 Å². The molecule has 0 saturated carbocycles. The summed E-state index contributed by atoms with van der Waals surface area (Å²) in [6.07, 6.45) is 0. The normalized spacial score (nSPS) is 11.1. The van der Waals surface area contributed by atoms with Crippen LogP contribution in [-0.2, 0) is 10.5 Å². The lowest BCUT2D eigenvalue weighted by atomic mass is 10.1. The molecule has 0 aromatic heterocycles. The number of thioether (sulfide) groups is 1. The van der Waals surface area contributed by atoms with E-state index in [4.69, 9.17) is 11.6 Å². The largest absolute Gasteiger partial charge is 0.326 e. The lowest BCUT2D eigenvalue weighted by molar-refractivity contribution is -0.114. The molecule has 5 nitrogen and oxygen atoms in total. The summed E-state index contributed by atoms with van der Waals surface area (Å²) in [6.45, 7) is 3.27. The Hall–Kier alpha value is -3.09. The molecule has 0 radical (unpaired) electrons. The van der Waals surface area contributed by atoms with Crippen molar-refractivity contribution in [1.82, 2.24) is 5.43 Å². The van der Waals surface area contributed by atoms with Gasteiger partial charge >= 0.3 is 0 Å². The topological polar surface area (TPSA) is 70.6 Å². The standard InChI is InChI=1S/C24H22ClN3O2S/c1-16(19-7-11-22(12-8-19)26-17(2)29)27-28-24(30)20-5-3-18(4-6-20)15-31-23-13-9-21(25)10-14-23/h3-14H,15H2,1-2H3,(H,26,29)(H,28,30)/b27-16-. The number of carbonyl (C=O) groups excluding carboxylic acids is 2. The predicted octanol–water partition coefficient (Wildman–Crippen LogP) is 5.74. The molecule has 2 amide bonds. The highest BCUT2D eigenvalue weighted by atomic mass is 35.5. The van der Waals surface area contributed by atoms with E-state index >= 15 is 0 Å². The van der Waals surface area contributed by atoms with Gasteiger partial charge in [0.15, 0.2) is 0 Å². The molecule has 0 fully saturated rings. The minimum absolute atomic E-state index is 0.125. The highest BCUT2D eigenvalue weighted by molar-refractivity contribution is 7.98. The third-order valence-electron chi connectivity index (χ3n) is 4.38. The van der Waals surface area contributed by atoms with Gasteiger partial charge in [0.25, 0.3) is 5.91 Å². The molecular weight excluding hydrogens is 430 g/mol. The zero-order valence-electron chi connectivity index (χ0n) is 17.2. The monoisotopic (exact) mass is 451 g/mol. The van der Waals surface area contributed by atoms with Gasteiger partial charge in [-0.25, -0.2) is 5.43 Å². The van der Waals surface area contributed by atoms with Crippen molar-refractivity contribution in [2.75, 3.05) is 5.32 Å². The van der Waals surface area contributed by atoms with Crippen molar-refractivity contribution < 1.29 is 9.59 Å². The number of nitrogens with zero attached hydrogens (tertiary/aromatic N) is 1. The number of carbonyl (C=O) groups is 2. The van der Waals surface area contributed by atoms with Crippen LogP contribution in [0.2, 0.25) is 5.02 Å². The molecule has 3 aromatic carbocycles. The second-order valence-electron chi connectivity index (χ2n) is 6.84. The van der Waals surface area contributed by atoms with E-state index in [-0.39, 0.29) is 11.8 Å². The fourth-order valence-corrected chi connectivity index (χ4v) is 3.69. The minimum Gasteiger partial charge on any atom is -0.326 e. The average Bonchev–Trinajstić information content (AvgIpc) is 2.77. The molecule has 0 aliphatic rings. The Kier molecular flexibility index (Phi) is 7.87. The van der Waals surface area contributed by atoms with Crippen LogP contribution in [0, 0.1) is 0 Å². The molecule has 0 heterocycles. The van der Waals surface area contributed by atoms with Gasteiger partial charge in [0.2, 0.25) is 5.91 Å². The van der Waals surface area contributed by atoms with E-state index in [9.17, 15) is 9.59 Å². The number of halogens is 1. The molecular formula is C24H22ClN3O2S. The van der Waals surface area contributed by atoms with Crippen molar-refractivity contribution in [1.29, 1.82) is 0 Å². The Morgan fingerprint density at radius 2 is 1.48 bits per heavy atom. The number of hydrogen-bond donors (Lipinski definition) is 2. The van der Waals surface area contributed by atoms with Crippen molar-refractivity contribution in [3.63, 3.8) is 0 Å². The van der Waals surface area contributed by atoms with Gasteiger partial charge in [0.1, 0.15) is 0 Å². The summed E-state index contributed by atoms with van der Waals surface area (Å²) in [5.41, 5.74) is 6.48. The van der Waals surface area contributed by atoms with Gasteiger partial charge in [0, 0.05) is 33.8 Å². The van der Waals surface area contributed by atoms with E-state index in [1.165, 1.54) is 6.92 Å². The van der Waals surface area contributed by atoms with Crippen LogP contribution < -0.4 is 10.7 Å². The first-order chi connectivity index (χ1) is 14.9. The molecule has 31 heavy (non-hydrogen) atoms. The summed E-state index contributed by atoms with van der Waals surface area (Å²) in [6, 6.07) is 22.4. The van der Waals surface area contributed by atoms with E-state index in [2.05, 4.69) is 15.8 Å². The molecule has 3 aromatic rings. The van der Waals surface area contributed by atoms with Crippen LogP contribution in [0.25, 0.3) is 0 Å². The third-order valence-corrected chi connectivity index (χ3v) is 5.72. The van der Waals surface area contributed by atoms with Crippen LogP contribution in [0.3, 0.4) is 0 Å². The lowest BCUT2D eigenvalue weighted by Gasteiger charge is -2.06. The van der Waals surface area contributed by atoms with Gasteiger partial charge in [0.05, 0.1) is 5.71 Å². The minimum atomic E-state index is -0.272. The van der Waals surface area contributed by atoms with E-state index in [1.807, 2.05) is 55.5 Å². The number of amides is 2.